The SMILES string of the molecule is CC(C)(C)OC(=O)N1CCC2(CC1)CN(c1ccc(C(=O)O)c(CO)c1)C2. The summed E-state index contributed by atoms with van der Waals surface area (Å²) in [6, 6.07) is 5.11. The molecule has 3 rings (SSSR count). The number of benzene rings is 1. The molecule has 2 fully saturated rings. The average molecular weight is 376 g/mol. The molecule has 0 aromatic heterocycles. The number of rotatable bonds is 3. The molecule has 1 amide bonds. The van der Waals surface area contributed by atoms with Crippen molar-refractivity contribution in [3.63, 3.8) is 0 Å². The van der Waals surface area contributed by atoms with Gasteiger partial charge < -0.3 is 24.7 Å². The fourth-order valence-corrected chi connectivity index (χ4v) is 3.87. The predicted molar refractivity (Wildman–Crippen MR) is 101 cm³/mol. The number of nitrogens with zero attached hydrogens (tertiary/aromatic N) is 2. The fraction of sp³-hybridized carbons (Fsp3) is 0.600. The minimum absolute atomic E-state index is 0.141. The Hall–Kier alpha value is -2.28. The molecular weight excluding hydrogens is 348 g/mol. The fourth-order valence-electron chi connectivity index (χ4n) is 3.87. The normalized spacial score (nSPS) is 19.0. The molecule has 0 radical (unpaired) electrons. The highest BCUT2D eigenvalue weighted by Crippen LogP contribution is 2.43. The highest BCUT2D eigenvalue weighted by molar-refractivity contribution is 5.90. The summed E-state index contributed by atoms with van der Waals surface area (Å²) in [7, 11) is 0. The summed E-state index contributed by atoms with van der Waals surface area (Å²) in [6.45, 7) is 8.48. The highest BCUT2D eigenvalue weighted by atomic mass is 16.6. The van der Waals surface area contributed by atoms with Crippen molar-refractivity contribution in [3.05, 3.63) is 29.3 Å². The molecule has 2 heterocycles. The number of aliphatic hydroxyl groups excluding tert-OH is 1. The van der Waals surface area contributed by atoms with Gasteiger partial charge in [-0.25, -0.2) is 9.59 Å². The van der Waals surface area contributed by atoms with Crippen LogP contribution in [0.25, 0.3) is 0 Å². The van der Waals surface area contributed by atoms with Gasteiger partial charge in [-0.15, -0.1) is 0 Å². The standard InChI is InChI=1S/C20H28N2O5/c1-19(2,3)27-18(26)21-8-6-20(7-9-21)12-22(13-20)15-4-5-16(17(24)25)14(10-15)11-23/h4-5,10,23H,6-9,11-13H2,1-3H3,(H,24,25). The van der Waals surface area contributed by atoms with Crippen molar-refractivity contribution in [1.82, 2.24) is 4.90 Å². The summed E-state index contributed by atoms with van der Waals surface area (Å²) >= 11 is 0. The van der Waals surface area contributed by atoms with Crippen LogP contribution in [0, 0.1) is 5.41 Å². The Bertz CT molecular complexity index is 724. The van der Waals surface area contributed by atoms with E-state index in [1.807, 2.05) is 20.8 Å². The third kappa shape index (κ3) is 4.18. The molecule has 7 heteroatoms. The zero-order chi connectivity index (χ0) is 19.8. The number of carbonyl (C=O) groups excluding carboxylic acids is 1. The second kappa shape index (κ2) is 7.03. The largest absolute Gasteiger partial charge is 0.478 e. The molecule has 0 bridgehead atoms. The van der Waals surface area contributed by atoms with Crippen LogP contribution < -0.4 is 4.90 Å². The lowest BCUT2D eigenvalue weighted by molar-refractivity contribution is 0.00596. The quantitative estimate of drug-likeness (QED) is 0.843. The lowest BCUT2D eigenvalue weighted by Crippen LogP contribution is -2.61. The molecule has 0 saturated carbocycles. The number of carboxylic acid groups (broad SMARTS) is 1. The van der Waals surface area contributed by atoms with Crippen molar-refractivity contribution >= 4 is 17.7 Å². The molecular formula is C20H28N2O5. The second-order valence-corrected chi connectivity index (χ2v) is 8.63. The van der Waals surface area contributed by atoms with E-state index in [-0.39, 0.29) is 23.7 Å². The maximum atomic E-state index is 12.2. The van der Waals surface area contributed by atoms with Crippen molar-refractivity contribution in [2.75, 3.05) is 31.1 Å². The van der Waals surface area contributed by atoms with Gasteiger partial charge in [0.1, 0.15) is 5.60 Å². The number of aliphatic hydroxyl groups is 1. The summed E-state index contributed by atoms with van der Waals surface area (Å²) in [5, 5.41) is 18.6. The number of ether oxygens (including phenoxy) is 1. The van der Waals surface area contributed by atoms with Gasteiger partial charge in [0.15, 0.2) is 0 Å². The number of amides is 1. The van der Waals surface area contributed by atoms with Crippen LogP contribution in [0.5, 0.6) is 0 Å². The van der Waals surface area contributed by atoms with Gasteiger partial charge in [0.05, 0.1) is 12.2 Å². The van der Waals surface area contributed by atoms with Gasteiger partial charge in [-0.3, -0.25) is 0 Å². The van der Waals surface area contributed by atoms with Crippen LogP contribution in [0.1, 0.15) is 49.5 Å². The number of aromatic carboxylic acids is 1. The Balaban J connectivity index is 1.57. The van der Waals surface area contributed by atoms with Crippen molar-refractivity contribution in [2.24, 2.45) is 5.41 Å². The van der Waals surface area contributed by atoms with Crippen LogP contribution in [0.4, 0.5) is 10.5 Å². The highest BCUT2D eigenvalue weighted by Gasteiger charge is 2.46. The van der Waals surface area contributed by atoms with Gasteiger partial charge in [-0.05, 0) is 57.4 Å². The van der Waals surface area contributed by atoms with E-state index in [1.54, 1.807) is 23.1 Å². The van der Waals surface area contributed by atoms with Crippen LogP contribution in [0.3, 0.4) is 0 Å². The first-order valence-electron chi connectivity index (χ1n) is 9.32. The van der Waals surface area contributed by atoms with Crippen molar-refractivity contribution in [2.45, 2.75) is 45.8 Å². The first-order valence-corrected chi connectivity index (χ1v) is 9.32. The van der Waals surface area contributed by atoms with E-state index in [9.17, 15) is 14.7 Å². The number of piperidine rings is 1. The zero-order valence-corrected chi connectivity index (χ0v) is 16.2. The Morgan fingerprint density at radius 1 is 1.19 bits per heavy atom. The van der Waals surface area contributed by atoms with E-state index >= 15 is 0 Å². The number of hydrogen-bond acceptors (Lipinski definition) is 5. The molecule has 2 N–H and O–H groups in total. The minimum atomic E-state index is -1.03. The lowest BCUT2D eigenvalue weighted by atomic mass is 9.72. The summed E-state index contributed by atoms with van der Waals surface area (Å²) < 4.78 is 5.45. The Labute approximate surface area is 159 Å². The topological polar surface area (TPSA) is 90.3 Å². The van der Waals surface area contributed by atoms with Crippen molar-refractivity contribution in [1.29, 1.82) is 0 Å². The van der Waals surface area contributed by atoms with Gasteiger partial charge in [0.2, 0.25) is 0 Å². The van der Waals surface area contributed by atoms with E-state index in [1.165, 1.54) is 0 Å². The van der Waals surface area contributed by atoms with Gasteiger partial charge in [0, 0.05) is 37.3 Å². The molecule has 0 unspecified atom stereocenters. The average Bonchev–Trinajstić information content (AvgIpc) is 2.57. The molecule has 0 atom stereocenters. The minimum Gasteiger partial charge on any atom is -0.478 e. The van der Waals surface area contributed by atoms with Crippen LogP contribution in [0.2, 0.25) is 0 Å². The lowest BCUT2D eigenvalue weighted by Gasteiger charge is -2.55. The van der Waals surface area contributed by atoms with Crippen LogP contribution in [0.15, 0.2) is 18.2 Å². The Morgan fingerprint density at radius 3 is 2.33 bits per heavy atom. The zero-order valence-electron chi connectivity index (χ0n) is 16.2. The number of likely N-dealkylation sites (tertiary alicyclic amines) is 1. The molecule has 0 aliphatic carbocycles. The van der Waals surface area contributed by atoms with Crippen LogP contribution in [-0.4, -0.2) is 59.0 Å². The first kappa shape index (κ1) is 19.5. The summed E-state index contributed by atoms with van der Waals surface area (Å²) in [5.74, 6) is -1.03. The molecule has 148 valence electrons. The number of carbonyl (C=O) groups is 2. The molecule has 2 aliphatic heterocycles. The van der Waals surface area contributed by atoms with Crippen molar-refractivity contribution in [3.8, 4) is 0 Å². The second-order valence-electron chi connectivity index (χ2n) is 8.63. The van der Waals surface area contributed by atoms with Gasteiger partial charge in [-0.1, -0.05) is 0 Å². The maximum absolute atomic E-state index is 12.2. The van der Waals surface area contributed by atoms with E-state index < -0.39 is 11.6 Å². The van der Waals surface area contributed by atoms with Crippen LogP contribution >= 0.6 is 0 Å². The van der Waals surface area contributed by atoms with E-state index in [2.05, 4.69) is 4.90 Å². The summed E-state index contributed by atoms with van der Waals surface area (Å²) in [5.41, 5.74) is 1.22. The third-order valence-corrected chi connectivity index (χ3v) is 5.38. The molecule has 1 aromatic carbocycles. The monoisotopic (exact) mass is 376 g/mol. The summed E-state index contributed by atoms with van der Waals surface area (Å²) in [4.78, 5) is 27.4. The number of hydrogen-bond donors (Lipinski definition) is 2. The first-order chi connectivity index (χ1) is 12.6. The molecule has 7 nitrogen and oxygen atoms in total. The Kier molecular flexibility index (Phi) is 5.08. The van der Waals surface area contributed by atoms with E-state index in [0.29, 0.717) is 18.7 Å². The van der Waals surface area contributed by atoms with Crippen molar-refractivity contribution < 1.29 is 24.5 Å². The molecule has 1 aromatic rings. The van der Waals surface area contributed by atoms with Gasteiger partial charge in [-0.2, -0.15) is 0 Å². The number of carboxylic acids is 1. The molecule has 2 aliphatic rings. The van der Waals surface area contributed by atoms with Crippen LogP contribution in [-0.2, 0) is 11.3 Å². The van der Waals surface area contributed by atoms with E-state index in [0.717, 1.165) is 31.6 Å². The maximum Gasteiger partial charge on any atom is 0.410 e. The molecule has 1 spiro atoms. The molecule has 27 heavy (non-hydrogen) atoms. The summed E-state index contributed by atoms with van der Waals surface area (Å²) in [6.07, 6.45) is 1.62. The van der Waals surface area contributed by atoms with E-state index in [4.69, 9.17) is 9.84 Å². The van der Waals surface area contributed by atoms with Gasteiger partial charge >= 0.3 is 12.1 Å². The Morgan fingerprint density at radius 2 is 1.81 bits per heavy atom. The third-order valence-electron chi connectivity index (χ3n) is 5.38. The van der Waals surface area contributed by atoms with Gasteiger partial charge in [0.25, 0.3) is 0 Å². The molecule has 2 saturated heterocycles. The predicted octanol–water partition coefficient (Wildman–Crippen LogP) is 2.71. The smallest absolute Gasteiger partial charge is 0.410 e. The number of anilines is 1.